The maximum absolute atomic E-state index is 15.3. The number of carbonyl (C=O) groups is 1. The summed E-state index contributed by atoms with van der Waals surface area (Å²) in [5.41, 5.74) is 3.33. The highest BCUT2D eigenvalue weighted by atomic mass is 19.1. The molecule has 0 N–H and O–H groups in total. The third-order valence-electron chi connectivity index (χ3n) is 6.32. The van der Waals surface area contributed by atoms with Gasteiger partial charge >= 0.3 is 5.97 Å². The first-order valence-electron chi connectivity index (χ1n) is 13.4. The van der Waals surface area contributed by atoms with Crippen LogP contribution in [0.4, 0.5) is 4.39 Å². The minimum atomic E-state index is -0.377. The predicted octanol–water partition coefficient (Wildman–Crippen LogP) is 9.25. The Morgan fingerprint density at radius 3 is 2.11 bits per heavy atom. The summed E-state index contributed by atoms with van der Waals surface area (Å²) >= 11 is 0. The number of unbranched alkanes of at least 4 members (excludes halogenated alkanes) is 7. The van der Waals surface area contributed by atoms with Crippen molar-refractivity contribution in [3.63, 3.8) is 0 Å². The summed E-state index contributed by atoms with van der Waals surface area (Å²) in [5.74, 6) is -0.235. The summed E-state index contributed by atoms with van der Waals surface area (Å²) in [6, 6.07) is 20.2. The minimum Gasteiger partial charge on any atom is -0.493 e. The van der Waals surface area contributed by atoms with Gasteiger partial charge in [0, 0.05) is 11.6 Å². The lowest BCUT2D eigenvalue weighted by atomic mass is 9.92. The zero-order valence-corrected chi connectivity index (χ0v) is 21.7. The number of ether oxygens (including phenoxy) is 2. The molecule has 0 radical (unpaired) electrons. The summed E-state index contributed by atoms with van der Waals surface area (Å²) in [6.07, 6.45) is 9.91. The molecule has 0 saturated carbocycles. The molecule has 0 fully saturated rings. The van der Waals surface area contributed by atoms with E-state index in [9.17, 15) is 4.79 Å². The van der Waals surface area contributed by atoms with Crippen LogP contribution in [0.1, 0.15) is 82.0 Å². The Hall–Kier alpha value is -3.14. The van der Waals surface area contributed by atoms with Crippen molar-refractivity contribution in [2.45, 2.75) is 71.6 Å². The molecule has 0 spiro atoms. The van der Waals surface area contributed by atoms with E-state index in [-0.39, 0.29) is 11.8 Å². The molecule has 0 aliphatic heterocycles. The SMILES string of the molecule is CCCCCCCCOC(=O)c1ccc(-c2ccccc2)c(-c2ccc(OCCCCC)cc2F)c1. The van der Waals surface area contributed by atoms with Gasteiger partial charge in [0.2, 0.25) is 0 Å². The van der Waals surface area contributed by atoms with Crippen molar-refractivity contribution in [2.75, 3.05) is 13.2 Å². The fourth-order valence-electron chi connectivity index (χ4n) is 4.24. The second kappa shape index (κ2) is 15.1. The molecule has 0 amide bonds. The van der Waals surface area contributed by atoms with E-state index in [1.54, 1.807) is 24.3 Å². The Kier molecular flexibility index (Phi) is 11.5. The summed E-state index contributed by atoms with van der Waals surface area (Å²) in [4.78, 5) is 12.8. The van der Waals surface area contributed by atoms with Crippen LogP contribution in [-0.2, 0) is 4.74 Å². The molecular formula is C32H39FO3. The first-order valence-corrected chi connectivity index (χ1v) is 13.4. The highest BCUT2D eigenvalue weighted by Gasteiger charge is 2.16. The third-order valence-corrected chi connectivity index (χ3v) is 6.32. The second-order valence-corrected chi connectivity index (χ2v) is 9.23. The van der Waals surface area contributed by atoms with Crippen molar-refractivity contribution >= 4 is 5.97 Å². The third kappa shape index (κ3) is 8.22. The molecule has 0 aliphatic rings. The Balaban J connectivity index is 1.79. The fraction of sp³-hybridized carbons (Fsp3) is 0.406. The monoisotopic (exact) mass is 490 g/mol. The van der Waals surface area contributed by atoms with Crippen molar-refractivity contribution < 1.29 is 18.7 Å². The predicted molar refractivity (Wildman–Crippen MR) is 146 cm³/mol. The Labute approximate surface area is 215 Å². The Bertz CT molecular complexity index is 1080. The maximum Gasteiger partial charge on any atom is 0.338 e. The number of rotatable bonds is 15. The standard InChI is InChI=1S/C32H39FO3/c1-3-5-7-8-9-14-22-36-32(34)26-17-19-28(25-15-11-10-12-16-25)30(23-26)29-20-18-27(24-31(29)33)35-21-13-6-4-2/h10-12,15-20,23-24H,3-9,13-14,21-22H2,1-2H3. The lowest BCUT2D eigenvalue weighted by Crippen LogP contribution is -2.07. The van der Waals surface area contributed by atoms with Gasteiger partial charge in [0.15, 0.2) is 0 Å². The quantitative estimate of drug-likeness (QED) is 0.157. The van der Waals surface area contributed by atoms with Crippen LogP contribution in [0, 0.1) is 5.82 Å². The van der Waals surface area contributed by atoms with E-state index < -0.39 is 0 Å². The lowest BCUT2D eigenvalue weighted by Gasteiger charge is -2.14. The summed E-state index contributed by atoms with van der Waals surface area (Å²) in [7, 11) is 0. The van der Waals surface area contributed by atoms with Gasteiger partial charge in [0.05, 0.1) is 18.8 Å². The van der Waals surface area contributed by atoms with Crippen LogP contribution in [0.15, 0.2) is 66.7 Å². The van der Waals surface area contributed by atoms with E-state index in [1.165, 1.54) is 31.7 Å². The molecule has 0 saturated heterocycles. The summed E-state index contributed by atoms with van der Waals surface area (Å²) < 4.78 is 26.6. The largest absolute Gasteiger partial charge is 0.493 e. The van der Waals surface area contributed by atoms with Gasteiger partial charge in [-0.15, -0.1) is 0 Å². The van der Waals surface area contributed by atoms with Crippen molar-refractivity contribution in [3.05, 3.63) is 78.1 Å². The minimum absolute atomic E-state index is 0.374. The van der Waals surface area contributed by atoms with Gasteiger partial charge in [0.1, 0.15) is 11.6 Å². The van der Waals surface area contributed by atoms with Crippen molar-refractivity contribution in [2.24, 2.45) is 0 Å². The average molecular weight is 491 g/mol. The van der Waals surface area contributed by atoms with E-state index in [2.05, 4.69) is 13.8 Å². The van der Waals surface area contributed by atoms with Crippen molar-refractivity contribution in [1.29, 1.82) is 0 Å². The number of hydrogen-bond acceptors (Lipinski definition) is 3. The normalized spacial score (nSPS) is 10.9. The van der Waals surface area contributed by atoms with Crippen LogP contribution >= 0.6 is 0 Å². The molecule has 36 heavy (non-hydrogen) atoms. The molecule has 192 valence electrons. The van der Waals surface area contributed by atoms with E-state index >= 15 is 4.39 Å². The average Bonchev–Trinajstić information content (AvgIpc) is 2.91. The van der Waals surface area contributed by atoms with Gasteiger partial charge < -0.3 is 9.47 Å². The van der Waals surface area contributed by atoms with Gasteiger partial charge in [-0.2, -0.15) is 0 Å². The molecule has 4 heteroatoms. The number of hydrogen-bond donors (Lipinski definition) is 0. The molecule has 0 bridgehead atoms. The number of halogens is 1. The van der Waals surface area contributed by atoms with Gasteiger partial charge in [-0.3, -0.25) is 0 Å². The topological polar surface area (TPSA) is 35.5 Å². The Morgan fingerprint density at radius 1 is 0.694 bits per heavy atom. The van der Waals surface area contributed by atoms with Gasteiger partial charge in [-0.25, -0.2) is 9.18 Å². The van der Waals surface area contributed by atoms with Gasteiger partial charge in [-0.1, -0.05) is 95.2 Å². The molecule has 0 aliphatic carbocycles. The van der Waals surface area contributed by atoms with Crippen LogP contribution in [-0.4, -0.2) is 19.2 Å². The smallest absolute Gasteiger partial charge is 0.338 e. The molecule has 3 nitrogen and oxygen atoms in total. The highest BCUT2D eigenvalue weighted by molar-refractivity contribution is 5.94. The highest BCUT2D eigenvalue weighted by Crippen LogP contribution is 2.36. The van der Waals surface area contributed by atoms with Gasteiger partial charge in [0.25, 0.3) is 0 Å². The van der Waals surface area contributed by atoms with Crippen LogP contribution < -0.4 is 4.74 Å². The number of carbonyl (C=O) groups excluding carboxylic acids is 1. The molecule has 0 aromatic heterocycles. The van der Waals surface area contributed by atoms with E-state index in [4.69, 9.17) is 9.47 Å². The van der Waals surface area contributed by atoms with E-state index in [1.807, 2.05) is 36.4 Å². The molecule has 0 atom stereocenters. The number of benzene rings is 3. The molecule has 0 unspecified atom stereocenters. The molecule has 3 rings (SSSR count). The number of esters is 1. The Morgan fingerprint density at radius 2 is 1.36 bits per heavy atom. The summed E-state index contributed by atoms with van der Waals surface area (Å²) in [6.45, 7) is 5.31. The van der Waals surface area contributed by atoms with E-state index in [0.29, 0.717) is 35.7 Å². The van der Waals surface area contributed by atoms with Crippen LogP contribution in [0.25, 0.3) is 22.3 Å². The maximum atomic E-state index is 15.3. The lowest BCUT2D eigenvalue weighted by molar-refractivity contribution is 0.0497. The second-order valence-electron chi connectivity index (χ2n) is 9.23. The van der Waals surface area contributed by atoms with E-state index in [0.717, 1.165) is 43.2 Å². The molecule has 0 heterocycles. The van der Waals surface area contributed by atoms with Crippen molar-refractivity contribution in [3.8, 4) is 28.0 Å². The van der Waals surface area contributed by atoms with Crippen LogP contribution in [0.3, 0.4) is 0 Å². The first kappa shape index (κ1) is 27.4. The van der Waals surface area contributed by atoms with Crippen LogP contribution in [0.5, 0.6) is 5.75 Å². The first-order chi connectivity index (χ1) is 17.6. The zero-order valence-electron chi connectivity index (χ0n) is 21.7. The van der Waals surface area contributed by atoms with Crippen LogP contribution in [0.2, 0.25) is 0 Å². The summed E-state index contributed by atoms with van der Waals surface area (Å²) in [5, 5.41) is 0. The van der Waals surface area contributed by atoms with Gasteiger partial charge in [-0.05, 0) is 53.8 Å². The van der Waals surface area contributed by atoms with Crippen molar-refractivity contribution in [1.82, 2.24) is 0 Å². The molecule has 3 aromatic carbocycles. The fourth-order valence-corrected chi connectivity index (χ4v) is 4.24. The molecular weight excluding hydrogens is 451 g/mol. The molecule has 3 aromatic rings. The zero-order chi connectivity index (χ0) is 25.6.